The summed E-state index contributed by atoms with van der Waals surface area (Å²) >= 11 is 0. The molecule has 0 bridgehead atoms. The lowest BCUT2D eigenvalue weighted by Gasteiger charge is -2.19. The summed E-state index contributed by atoms with van der Waals surface area (Å²) in [5.74, 6) is 0.725. The van der Waals surface area contributed by atoms with Gasteiger partial charge in [-0.2, -0.15) is 0 Å². The smallest absolute Gasteiger partial charge is 0.158 e. The number of carbonyl (C=O) groups excluding carboxylic acids is 1. The van der Waals surface area contributed by atoms with Gasteiger partial charge in [0.2, 0.25) is 0 Å². The maximum Gasteiger partial charge on any atom is 0.158 e. The van der Waals surface area contributed by atoms with Crippen LogP contribution in [0.5, 0.6) is 0 Å². The van der Waals surface area contributed by atoms with Gasteiger partial charge in [-0.1, -0.05) is 44.6 Å². The van der Waals surface area contributed by atoms with Gasteiger partial charge in [0.25, 0.3) is 0 Å². The lowest BCUT2D eigenvalue weighted by atomic mass is 9.86. The van der Waals surface area contributed by atoms with Crippen LogP contribution >= 0.6 is 0 Å². The molecule has 1 nitrogen and oxygen atoms in total. The quantitative estimate of drug-likeness (QED) is 0.514. The Morgan fingerprint density at radius 1 is 1.14 bits per heavy atom. The standard InChI is InChI=1S/C12H22OSi/c1-14(2,3)10-9-12(13)11-7-5-4-6-8-11/h9-11H,4-8H2,1-3H3. The first kappa shape index (κ1) is 11.7. The van der Waals surface area contributed by atoms with Gasteiger partial charge in [-0.05, 0) is 18.9 Å². The Morgan fingerprint density at radius 2 is 1.71 bits per heavy atom. The number of rotatable bonds is 3. The first-order valence-electron chi connectivity index (χ1n) is 5.72. The lowest BCUT2D eigenvalue weighted by Crippen LogP contribution is -2.19. The SMILES string of the molecule is C[Si](C)(C)C=CC(=O)C1CCCCC1. The van der Waals surface area contributed by atoms with E-state index in [-0.39, 0.29) is 0 Å². The monoisotopic (exact) mass is 210 g/mol. The second kappa shape index (κ2) is 4.92. The minimum atomic E-state index is -1.18. The molecule has 0 aromatic carbocycles. The molecule has 0 N–H and O–H groups in total. The molecule has 0 spiro atoms. The summed E-state index contributed by atoms with van der Waals surface area (Å²) in [5.41, 5.74) is 2.17. The summed E-state index contributed by atoms with van der Waals surface area (Å²) in [6.45, 7) is 6.78. The summed E-state index contributed by atoms with van der Waals surface area (Å²) in [6.07, 6.45) is 7.92. The Bertz CT molecular complexity index is 219. The van der Waals surface area contributed by atoms with E-state index in [0.717, 1.165) is 12.8 Å². The Hall–Kier alpha value is -0.373. The third kappa shape index (κ3) is 4.23. The molecular weight excluding hydrogens is 188 g/mol. The maximum atomic E-state index is 11.8. The number of ketones is 1. The highest BCUT2D eigenvalue weighted by atomic mass is 28.3. The van der Waals surface area contributed by atoms with Crippen LogP contribution in [-0.4, -0.2) is 13.9 Å². The average Bonchev–Trinajstić information content (AvgIpc) is 2.14. The third-order valence-corrected chi connectivity index (χ3v) is 3.92. The van der Waals surface area contributed by atoms with Crippen molar-refractivity contribution in [3.05, 3.63) is 11.8 Å². The van der Waals surface area contributed by atoms with Crippen LogP contribution in [0.2, 0.25) is 19.6 Å². The molecule has 2 heteroatoms. The van der Waals surface area contributed by atoms with Crippen LogP contribution in [0, 0.1) is 5.92 Å². The van der Waals surface area contributed by atoms with Crippen LogP contribution in [0.25, 0.3) is 0 Å². The molecule has 0 amide bonds. The fraction of sp³-hybridized carbons (Fsp3) is 0.750. The number of hydrogen-bond acceptors (Lipinski definition) is 1. The molecule has 1 aliphatic rings. The van der Waals surface area contributed by atoms with Crippen molar-refractivity contribution in [2.24, 2.45) is 5.92 Å². The Balaban J connectivity index is 2.44. The summed E-state index contributed by atoms with van der Waals surface area (Å²) in [6, 6.07) is 0. The van der Waals surface area contributed by atoms with Gasteiger partial charge in [-0.25, -0.2) is 0 Å². The van der Waals surface area contributed by atoms with Gasteiger partial charge in [0.1, 0.15) is 0 Å². The maximum absolute atomic E-state index is 11.8. The zero-order chi connectivity index (χ0) is 10.6. The van der Waals surface area contributed by atoms with Gasteiger partial charge in [0, 0.05) is 5.92 Å². The molecule has 0 unspecified atom stereocenters. The van der Waals surface area contributed by atoms with Gasteiger partial charge in [-0.3, -0.25) is 4.79 Å². The predicted molar refractivity (Wildman–Crippen MR) is 64.1 cm³/mol. The molecule has 14 heavy (non-hydrogen) atoms. The minimum Gasteiger partial charge on any atom is -0.295 e. The van der Waals surface area contributed by atoms with Crippen LogP contribution < -0.4 is 0 Å². The fourth-order valence-corrected chi connectivity index (χ4v) is 2.52. The Kier molecular flexibility index (Phi) is 4.11. The summed E-state index contributed by atoms with van der Waals surface area (Å²) in [4.78, 5) is 11.8. The van der Waals surface area contributed by atoms with Gasteiger partial charge < -0.3 is 0 Å². The minimum absolute atomic E-state index is 0.344. The van der Waals surface area contributed by atoms with Crippen molar-refractivity contribution < 1.29 is 4.79 Å². The van der Waals surface area contributed by atoms with Crippen molar-refractivity contribution in [3.63, 3.8) is 0 Å². The molecule has 1 rings (SSSR count). The van der Waals surface area contributed by atoms with E-state index in [0.29, 0.717) is 11.7 Å². The van der Waals surface area contributed by atoms with Gasteiger partial charge in [-0.15, -0.1) is 0 Å². The van der Waals surface area contributed by atoms with Crippen molar-refractivity contribution in [1.29, 1.82) is 0 Å². The molecule has 80 valence electrons. The van der Waals surface area contributed by atoms with E-state index in [2.05, 4.69) is 25.3 Å². The van der Waals surface area contributed by atoms with Gasteiger partial charge >= 0.3 is 0 Å². The van der Waals surface area contributed by atoms with E-state index in [1.165, 1.54) is 19.3 Å². The largest absolute Gasteiger partial charge is 0.295 e. The molecule has 0 radical (unpaired) electrons. The van der Waals surface area contributed by atoms with Gasteiger partial charge in [0.15, 0.2) is 5.78 Å². The molecule has 0 heterocycles. The number of hydrogen-bond donors (Lipinski definition) is 0. The van der Waals surface area contributed by atoms with Crippen LogP contribution in [0.4, 0.5) is 0 Å². The molecule has 1 aliphatic carbocycles. The predicted octanol–water partition coefficient (Wildman–Crippen LogP) is 3.57. The fourth-order valence-electron chi connectivity index (χ4n) is 1.86. The van der Waals surface area contributed by atoms with Crippen LogP contribution in [0.15, 0.2) is 11.8 Å². The van der Waals surface area contributed by atoms with E-state index in [1.807, 2.05) is 6.08 Å². The van der Waals surface area contributed by atoms with Crippen molar-refractivity contribution in [3.8, 4) is 0 Å². The lowest BCUT2D eigenvalue weighted by molar-refractivity contribution is -0.119. The summed E-state index contributed by atoms with van der Waals surface area (Å²) in [7, 11) is -1.18. The van der Waals surface area contributed by atoms with E-state index < -0.39 is 8.07 Å². The highest BCUT2D eigenvalue weighted by molar-refractivity contribution is 6.81. The third-order valence-electron chi connectivity index (χ3n) is 2.76. The zero-order valence-corrected chi connectivity index (χ0v) is 10.7. The molecular formula is C12H22OSi. The highest BCUT2D eigenvalue weighted by Gasteiger charge is 2.19. The first-order valence-corrected chi connectivity index (χ1v) is 9.30. The van der Waals surface area contributed by atoms with E-state index >= 15 is 0 Å². The van der Waals surface area contributed by atoms with E-state index in [9.17, 15) is 4.79 Å². The number of carbonyl (C=O) groups is 1. The summed E-state index contributed by atoms with van der Waals surface area (Å²) < 4.78 is 0. The van der Waals surface area contributed by atoms with E-state index in [1.54, 1.807) is 0 Å². The first-order chi connectivity index (χ1) is 6.49. The van der Waals surface area contributed by atoms with E-state index in [4.69, 9.17) is 0 Å². The average molecular weight is 210 g/mol. The van der Waals surface area contributed by atoms with Crippen molar-refractivity contribution in [2.75, 3.05) is 0 Å². The second-order valence-electron chi connectivity index (χ2n) is 5.44. The molecule has 0 aliphatic heterocycles. The zero-order valence-electron chi connectivity index (χ0n) is 9.68. The van der Waals surface area contributed by atoms with Crippen LogP contribution in [-0.2, 0) is 4.79 Å². The van der Waals surface area contributed by atoms with Crippen LogP contribution in [0.3, 0.4) is 0 Å². The highest BCUT2D eigenvalue weighted by Crippen LogP contribution is 2.24. The van der Waals surface area contributed by atoms with Crippen LogP contribution in [0.1, 0.15) is 32.1 Å². The number of allylic oxidation sites excluding steroid dienone is 1. The van der Waals surface area contributed by atoms with Crippen molar-refractivity contribution in [1.82, 2.24) is 0 Å². The second-order valence-corrected chi connectivity index (χ2v) is 10.5. The molecule has 0 aromatic heterocycles. The van der Waals surface area contributed by atoms with Crippen molar-refractivity contribution in [2.45, 2.75) is 51.7 Å². The molecule has 0 aromatic rings. The molecule has 0 saturated heterocycles. The topological polar surface area (TPSA) is 17.1 Å². The Labute approximate surface area is 88.6 Å². The van der Waals surface area contributed by atoms with Crippen molar-refractivity contribution >= 4 is 13.9 Å². The molecule has 1 fully saturated rings. The molecule has 0 atom stereocenters. The molecule has 1 saturated carbocycles. The normalized spacial score (nSPS) is 20.2. The van der Waals surface area contributed by atoms with Gasteiger partial charge in [0.05, 0.1) is 8.07 Å². The Morgan fingerprint density at radius 3 is 2.21 bits per heavy atom. The summed E-state index contributed by atoms with van der Waals surface area (Å²) in [5, 5.41) is 0.